The molecule has 1 aliphatic carbocycles. The summed E-state index contributed by atoms with van der Waals surface area (Å²) in [6.07, 6.45) is 2.15. The molecule has 1 saturated carbocycles. The topological polar surface area (TPSA) is 0 Å². The summed E-state index contributed by atoms with van der Waals surface area (Å²) in [5.74, 6) is 0.391. The van der Waals surface area contributed by atoms with Crippen LogP contribution in [0, 0.1) is 0 Å². The SMILES string of the molecule is Clc1c(Cl)c(Cl)c(C2CC2)c(Cl)c1Cl. The van der Waals surface area contributed by atoms with Gasteiger partial charge in [-0.2, -0.15) is 0 Å². The zero-order chi connectivity index (χ0) is 10.5. The standard InChI is InChI=1S/C9H5Cl5/c10-5-4(3-1-2-3)6(11)8(13)9(14)7(5)12/h3H,1-2H2. The first-order valence-electron chi connectivity index (χ1n) is 4.05. The van der Waals surface area contributed by atoms with E-state index in [1.54, 1.807) is 0 Å². The molecular weight excluding hydrogens is 285 g/mol. The highest BCUT2D eigenvalue weighted by atomic mass is 35.5. The molecular formula is C9H5Cl5. The fourth-order valence-corrected chi connectivity index (χ4v) is 2.81. The quantitative estimate of drug-likeness (QED) is 0.451. The molecule has 0 spiro atoms. The second-order valence-corrected chi connectivity index (χ2v) is 5.15. The Labute approximate surface area is 107 Å². The fraction of sp³-hybridized carbons (Fsp3) is 0.333. The Balaban J connectivity index is 2.69. The molecule has 0 unspecified atom stereocenters. The molecule has 2 rings (SSSR count). The lowest BCUT2D eigenvalue weighted by Gasteiger charge is -2.11. The van der Waals surface area contributed by atoms with Crippen molar-refractivity contribution in [2.45, 2.75) is 18.8 Å². The summed E-state index contributed by atoms with van der Waals surface area (Å²) in [4.78, 5) is 0. The Bertz CT molecular complexity index is 366. The Hall–Kier alpha value is 0.670. The van der Waals surface area contributed by atoms with Gasteiger partial charge in [-0.05, 0) is 24.3 Å². The Morgan fingerprint density at radius 3 is 1.36 bits per heavy atom. The van der Waals surface area contributed by atoms with E-state index >= 15 is 0 Å². The van der Waals surface area contributed by atoms with Crippen LogP contribution >= 0.6 is 58.0 Å². The third-order valence-electron chi connectivity index (χ3n) is 2.23. The van der Waals surface area contributed by atoms with Gasteiger partial charge in [0, 0.05) is 0 Å². The second kappa shape index (κ2) is 3.92. The van der Waals surface area contributed by atoms with E-state index in [-0.39, 0.29) is 5.02 Å². The molecule has 76 valence electrons. The number of rotatable bonds is 1. The first kappa shape index (κ1) is 11.2. The van der Waals surface area contributed by atoms with Crippen LogP contribution in [0.3, 0.4) is 0 Å². The zero-order valence-electron chi connectivity index (χ0n) is 6.88. The summed E-state index contributed by atoms with van der Waals surface area (Å²) in [5, 5.41) is 1.70. The average Bonchev–Trinajstić information content (AvgIpc) is 2.96. The van der Waals surface area contributed by atoms with Crippen LogP contribution < -0.4 is 0 Å². The van der Waals surface area contributed by atoms with Gasteiger partial charge in [0.25, 0.3) is 0 Å². The molecule has 0 heterocycles. The van der Waals surface area contributed by atoms with E-state index in [0.717, 1.165) is 18.4 Å². The van der Waals surface area contributed by atoms with Gasteiger partial charge < -0.3 is 0 Å². The van der Waals surface area contributed by atoms with Crippen molar-refractivity contribution in [1.29, 1.82) is 0 Å². The molecule has 0 bridgehead atoms. The maximum atomic E-state index is 6.05. The molecule has 0 saturated heterocycles. The minimum Gasteiger partial charge on any atom is -0.0823 e. The van der Waals surface area contributed by atoms with Crippen LogP contribution in [-0.4, -0.2) is 0 Å². The van der Waals surface area contributed by atoms with Crippen LogP contribution in [0.15, 0.2) is 0 Å². The van der Waals surface area contributed by atoms with Gasteiger partial charge in [-0.1, -0.05) is 58.0 Å². The molecule has 0 aromatic heterocycles. The summed E-state index contributed by atoms with van der Waals surface area (Å²) in [6.45, 7) is 0. The van der Waals surface area contributed by atoms with Gasteiger partial charge in [-0.25, -0.2) is 0 Å². The Morgan fingerprint density at radius 2 is 1.00 bits per heavy atom. The highest BCUT2D eigenvalue weighted by Crippen LogP contribution is 2.52. The Morgan fingerprint density at radius 1 is 0.643 bits per heavy atom. The highest BCUT2D eigenvalue weighted by Gasteiger charge is 2.31. The Kier molecular flexibility index (Phi) is 3.12. The van der Waals surface area contributed by atoms with Crippen molar-refractivity contribution in [2.75, 3.05) is 0 Å². The predicted molar refractivity (Wildman–Crippen MR) is 63.5 cm³/mol. The van der Waals surface area contributed by atoms with Gasteiger partial charge in [0.2, 0.25) is 0 Å². The van der Waals surface area contributed by atoms with Crippen molar-refractivity contribution >= 4 is 58.0 Å². The summed E-state index contributed by atoms with van der Waals surface area (Å²) in [5.41, 5.74) is 0.840. The van der Waals surface area contributed by atoms with E-state index in [1.807, 2.05) is 0 Å². The largest absolute Gasteiger partial charge is 0.0823 e. The third-order valence-corrected chi connectivity index (χ3v) is 4.54. The van der Waals surface area contributed by atoms with Gasteiger partial charge in [-0.3, -0.25) is 0 Å². The first-order valence-corrected chi connectivity index (χ1v) is 5.94. The first-order chi connectivity index (χ1) is 6.54. The summed E-state index contributed by atoms with van der Waals surface area (Å²) in [6, 6.07) is 0. The van der Waals surface area contributed by atoms with Crippen molar-refractivity contribution in [3.05, 3.63) is 30.7 Å². The monoisotopic (exact) mass is 288 g/mol. The van der Waals surface area contributed by atoms with Crippen molar-refractivity contribution in [3.8, 4) is 0 Å². The lowest BCUT2D eigenvalue weighted by atomic mass is 10.1. The number of benzene rings is 1. The third kappa shape index (κ3) is 1.72. The molecule has 1 fully saturated rings. The van der Waals surface area contributed by atoms with Crippen molar-refractivity contribution in [2.24, 2.45) is 0 Å². The van der Waals surface area contributed by atoms with Crippen LogP contribution in [0.2, 0.25) is 25.1 Å². The van der Waals surface area contributed by atoms with Gasteiger partial charge in [0.05, 0.1) is 25.1 Å². The summed E-state index contributed by atoms with van der Waals surface area (Å²) >= 11 is 29.8. The van der Waals surface area contributed by atoms with Gasteiger partial charge >= 0.3 is 0 Å². The smallest absolute Gasteiger partial charge is 0.0809 e. The van der Waals surface area contributed by atoms with Gasteiger partial charge in [0.1, 0.15) is 0 Å². The second-order valence-electron chi connectivity index (χ2n) is 3.26. The molecule has 5 heteroatoms. The molecule has 1 aromatic rings. The fourth-order valence-electron chi connectivity index (χ4n) is 1.35. The summed E-state index contributed by atoms with van der Waals surface area (Å²) < 4.78 is 0. The maximum absolute atomic E-state index is 6.05. The van der Waals surface area contributed by atoms with E-state index in [1.165, 1.54) is 0 Å². The van der Waals surface area contributed by atoms with E-state index in [0.29, 0.717) is 26.0 Å². The number of halogens is 5. The lowest BCUT2D eigenvalue weighted by molar-refractivity contribution is 1.13. The lowest BCUT2D eigenvalue weighted by Crippen LogP contribution is -1.88. The molecule has 0 amide bonds. The predicted octanol–water partition coefficient (Wildman–Crippen LogP) is 5.83. The summed E-state index contributed by atoms with van der Waals surface area (Å²) in [7, 11) is 0. The van der Waals surface area contributed by atoms with Crippen LogP contribution in [0.25, 0.3) is 0 Å². The maximum Gasteiger partial charge on any atom is 0.0809 e. The molecule has 1 aliphatic rings. The van der Waals surface area contributed by atoms with Crippen molar-refractivity contribution in [3.63, 3.8) is 0 Å². The number of hydrogen-bond acceptors (Lipinski definition) is 0. The van der Waals surface area contributed by atoms with E-state index in [2.05, 4.69) is 0 Å². The molecule has 14 heavy (non-hydrogen) atoms. The molecule has 0 aliphatic heterocycles. The van der Waals surface area contributed by atoms with Gasteiger partial charge in [0.15, 0.2) is 0 Å². The zero-order valence-corrected chi connectivity index (χ0v) is 10.7. The molecule has 0 radical (unpaired) electrons. The molecule has 0 nitrogen and oxygen atoms in total. The molecule has 1 aromatic carbocycles. The van der Waals surface area contributed by atoms with E-state index < -0.39 is 0 Å². The van der Waals surface area contributed by atoms with E-state index in [4.69, 9.17) is 58.0 Å². The normalized spacial score (nSPS) is 16.1. The van der Waals surface area contributed by atoms with E-state index in [9.17, 15) is 0 Å². The minimum atomic E-state index is 0.229. The van der Waals surface area contributed by atoms with Crippen LogP contribution in [-0.2, 0) is 0 Å². The molecule has 0 atom stereocenters. The van der Waals surface area contributed by atoms with Crippen molar-refractivity contribution < 1.29 is 0 Å². The van der Waals surface area contributed by atoms with Gasteiger partial charge in [-0.15, -0.1) is 0 Å². The van der Waals surface area contributed by atoms with Crippen LogP contribution in [0.4, 0.5) is 0 Å². The van der Waals surface area contributed by atoms with Crippen molar-refractivity contribution in [1.82, 2.24) is 0 Å². The van der Waals surface area contributed by atoms with Crippen LogP contribution in [0.5, 0.6) is 0 Å². The number of hydrogen-bond donors (Lipinski definition) is 0. The molecule has 0 N–H and O–H groups in total. The average molecular weight is 290 g/mol. The minimum absolute atomic E-state index is 0.229. The van der Waals surface area contributed by atoms with Crippen LogP contribution in [0.1, 0.15) is 24.3 Å². The highest BCUT2D eigenvalue weighted by molar-refractivity contribution is 6.55.